The van der Waals surface area contributed by atoms with Crippen LogP contribution >= 0.6 is 11.8 Å². The molecular formula is C24H21S2+. The fourth-order valence-corrected chi connectivity index (χ4v) is 5.46. The third-order valence-corrected chi connectivity index (χ3v) is 7.01. The molecule has 3 aromatic rings. The van der Waals surface area contributed by atoms with Gasteiger partial charge in [-0.3, -0.25) is 0 Å². The molecule has 0 spiro atoms. The van der Waals surface area contributed by atoms with Crippen molar-refractivity contribution in [1.29, 1.82) is 0 Å². The standard InChI is InChI=1S/C24H21S2/c1-3-11-22(4-2)26(23-14-9-6-10-15-23)24-18-16-21(17-19-24)25-20-12-7-5-8-13-20/h3-19H,1-2H2/q+1/b22-11+. The summed E-state index contributed by atoms with van der Waals surface area (Å²) in [5, 5.41) is 0. The number of hydrogen-bond acceptors (Lipinski definition) is 1. The molecule has 0 nitrogen and oxygen atoms in total. The van der Waals surface area contributed by atoms with E-state index in [1.165, 1.54) is 24.5 Å². The lowest BCUT2D eigenvalue weighted by Crippen LogP contribution is -2.05. The summed E-state index contributed by atoms with van der Waals surface area (Å²) in [4.78, 5) is 6.23. The summed E-state index contributed by atoms with van der Waals surface area (Å²) >= 11 is 1.78. The lowest BCUT2D eigenvalue weighted by molar-refractivity contribution is 1.31. The molecule has 0 aliphatic rings. The number of rotatable bonds is 7. The highest BCUT2D eigenvalue weighted by Crippen LogP contribution is 2.33. The Morgan fingerprint density at radius 3 is 1.81 bits per heavy atom. The van der Waals surface area contributed by atoms with Crippen LogP contribution in [0, 0.1) is 0 Å². The third kappa shape index (κ3) is 4.60. The molecular weight excluding hydrogens is 352 g/mol. The second kappa shape index (κ2) is 9.33. The summed E-state index contributed by atoms with van der Waals surface area (Å²) in [5.74, 6) is 0. The molecule has 0 saturated heterocycles. The van der Waals surface area contributed by atoms with Crippen LogP contribution in [0.5, 0.6) is 0 Å². The first kappa shape index (κ1) is 18.4. The van der Waals surface area contributed by atoms with E-state index in [4.69, 9.17) is 0 Å². The molecule has 0 bridgehead atoms. The first-order chi connectivity index (χ1) is 12.8. The van der Waals surface area contributed by atoms with Crippen LogP contribution in [0.15, 0.2) is 141 Å². The molecule has 0 aliphatic carbocycles. The average molecular weight is 374 g/mol. The molecule has 0 aromatic heterocycles. The van der Waals surface area contributed by atoms with Crippen LogP contribution in [-0.2, 0) is 10.9 Å². The zero-order valence-electron chi connectivity index (χ0n) is 14.5. The Bertz CT molecular complexity index is 879. The van der Waals surface area contributed by atoms with E-state index in [2.05, 4.69) is 98.1 Å². The van der Waals surface area contributed by atoms with Gasteiger partial charge in [-0.1, -0.05) is 67.4 Å². The van der Waals surface area contributed by atoms with Gasteiger partial charge in [0.1, 0.15) is 0 Å². The van der Waals surface area contributed by atoms with Crippen molar-refractivity contribution in [2.75, 3.05) is 0 Å². The lowest BCUT2D eigenvalue weighted by Gasteiger charge is -2.09. The predicted octanol–water partition coefficient (Wildman–Crippen LogP) is 7.13. The average Bonchev–Trinajstić information content (AvgIpc) is 2.70. The van der Waals surface area contributed by atoms with Gasteiger partial charge in [0.05, 0.1) is 10.9 Å². The van der Waals surface area contributed by atoms with E-state index in [0.29, 0.717) is 0 Å². The van der Waals surface area contributed by atoms with E-state index in [0.717, 1.165) is 0 Å². The van der Waals surface area contributed by atoms with Gasteiger partial charge in [0.15, 0.2) is 14.7 Å². The topological polar surface area (TPSA) is 0 Å². The number of benzene rings is 3. The van der Waals surface area contributed by atoms with Gasteiger partial charge < -0.3 is 0 Å². The van der Waals surface area contributed by atoms with Crippen molar-refractivity contribution in [2.45, 2.75) is 19.6 Å². The Morgan fingerprint density at radius 1 is 0.692 bits per heavy atom. The molecule has 128 valence electrons. The largest absolute Gasteiger partial charge is 0.166 e. The zero-order chi connectivity index (χ0) is 18.2. The van der Waals surface area contributed by atoms with E-state index in [-0.39, 0.29) is 10.9 Å². The molecule has 26 heavy (non-hydrogen) atoms. The molecule has 3 rings (SSSR count). The fourth-order valence-electron chi connectivity index (χ4n) is 2.57. The van der Waals surface area contributed by atoms with E-state index in [1.807, 2.05) is 18.2 Å². The predicted molar refractivity (Wildman–Crippen MR) is 116 cm³/mol. The summed E-state index contributed by atoms with van der Waals surface area (Å²) in [7, 11) is -0.181. The van der Waals surface area contributed by atoms with Crippen LogP contribution < -0.4 is 0 Å². The summed E-state index contributed by atoms with van der Waals surface area (Å²) < 4.78 is 0. The van der Waals surface area contributed by atoms with Gasteiger partial charge >= 0.3 is 0 Å². The van der Waals surface area contributed by atoms with Crippen molar-refractivity contribution in [3.63, 3.8) is 0 Å². The zero-order valence-corrected chi connectivity index (χ0v) is 16.2. The van der Waals surface area contributed by atoms with Crippen molar-refractivity contribution < 1.29 is 0 Å². The summed E-state index contributed by atoms with van der Waals surface area (Å²) in [6.45, 7) is 7.87. The molecule has 3 aromatic carbocycles. The Hall–Kier alpha value is -2.42. The minimum Gasteiger partial charge on any atom is -0.0989 e. The van der Waals surface area contributed by atoms with E-state index >= 15 is 0 Å². The molecule has 0 heterocycles. The summed E-state index contributed by atoms with van der Waals surface area (Å²) in [6.07, 6.45) is 5.82. The van der Waals surface area contributed by atoms with Crippen molar-refractivity contribution in [1.82, 2.24) is 0 Å². The maximum atomic E-state index is 4.01. The van der Waals surface area contributed by atoms with Gasteiger partial charge in [0.25, 0.3) is 0 Å². The SMILES string of the molecule is C=C/C=C(\C=C)[S+](c1ccccc1)c1ccc(Sc2ccccc2)cc1. The van der Waals surface area contributed by atoms with Gasteiger partial charge in [-0.25, -0.2) is 0 Å². The number of hydrogen-bond donors (Lipinski definition) is 0. The first-order valence-electron chi connectivity index (χ1n) is 8.39. The minimum absolute atomic E-state index is 0.181. The highest BCUT2D eigenvalue weighted by molar-refractivity contribution is 8.01. The van der Waals surface area contributed by atoms with Crippen LogP contribution in [0.1, 0.15) is 0 Å². The van der Waals surface area contributed by atoms with Crippen LogP contribution in [0.25, 0.3) is 0 Å². The molecule has 0 amide bonds. The molecule has 0 radical (unpaired) electrons. The quantitative estimate of drug-likeness (QED) is 0.313. The van der Waals surface area contributed by atoms with Gasteiger partial charge in [-0.05, 0) is 60.7 Å². The van der Waals surface area contributed by atoms with Gasteiger partial charge in [-0.2, -0.15) is 0 Å². The third-order valence-electron chi connectivity index (χ3n) is 3.74. The summed E-state index contributed by atoms with van der Waals surface area (Å²) in [5.41, 5.74) is 0. The Morgan fingerprint density at radius 2 is 1.23 bits per heavy atom. The summed E-state index contributed by atoms with van der Waals surface area (Å²) in [6, 6.07) is 29.9. The highest BCUT2D eigenvalue weighted by Gasteiger charge is 2.28. The van der Waals surface area contributed by atoms with Gasteiger partial charge in [0.2, 0.25) is 0 Å². The van der Waals surface area contributed by atoms with Crippen molar-refractivity contribution in [3.05, 3.63) is 121 Å². The van der Waals surface area contributed by atoms with Gasteiger partial charge in [0, 0.05) is 9.79 Å². The van der Waals surface area contributed by atoms with Crippen LogP contribution in [0.3, 0.4) is 0 Å². The van der Waals surface area contributed by atoms with Crippen molar-refractivity contribution in [3.8, 4) is 0 Å². The molecule has 1 atom stereocenters. The molecule has 0 saturated carbocycles. The smallest absolute Gasteiger partial charge is 0.0989 e. The monoisotopic (exact) mass is 373 g/mol. The minimum atomic E-state index is -0.181. The second-order valence-corrected chi connectivity index (χ2v) is 8.69. The normalized spacial score (nSPS) is 12.4. The second-order valence-electron chi connectivity index (χ2n) is 5.51. The molecule has 0 N–H and O–H groups in total. The lowest BCUT2D eigenvalue weighted by atomic mass is 10.4. The maximum Gasteiger partial charge on any atom is 0.166 e. The van der Waals surface area contributed by atoms with Crippen molar-refractivity contribution in [2.24, 2.45) is 0 Å². The van der Waals surface area contributed by atoms with E-state index in [9.17, 15) is 0 Å². The Balaban J connectivity index is 1.93. The molecule has 0 aliphatic heterocycles. The van der Waals surface area contributed by atoms with Crippen LogP contribution in [0.2, 0.25) is 0 Å². The van der Waals surface area contributed by atoms with E-state index < -0.39 is 0 Å². The Kier molecular flexibility index (Phi) is 6.59. The molecule has 1 unspecified atom stereocenters. The molecule has 0 fully saturated rings. The first-order valence-corrected chi connectivity index (χ1v) is 10.4. The number of allylic oxidation sites excluding steroid dienone is 3. The highest BCUT2D eigenvalue weighted by atomic mass is 32.2. The van der Waals surface area contributed by atoms with E-state index in [1.54, 1.807) is 11.8 Å². The Labute approximate surface area is 163 Å². The van der Waals surface area contributed by atoms with Crippen LogP contribution in [-0.4, -0.2) is 0 Å². The molecule has 2 heteroatoms. The fraction of sp³-hybridized carbons (Fsp3) is 0. The van der Waals surface area contributed by atoms with Crippen molar-refractivity contribution >= 4 is 22.7 Å². The maximum absolute atomic E-state index is 4.01. The van der Waals surface area contributed by atoms with Gasteiger partial charge in [-0.15, -0.1) is 0 Å². The van der Waals surface area contributed by atoms with Crippen LogP contribution in [0.4, 0.5) is 0 Å².